The summed E-state index contributed by atoms with van der Waals surface area (Å²) in [6.07, 6.45) is 3.84. The molecule has 1 rings (SSSR count). The molecule has 1 heterocycles. The third kappa shape index (κ3) is 4.63. The van der Waals surface area contributed by atoms with Gasteiger partial charge in [0.1, 0.15) is 0 Å². The summed E-state index contributed by atoms with van der Waals surface area (Å²) >= 11 is 5.79. The Morgan fingerprint density at radius 2 is 2.13 bits per heavy atom. The maximum Gasteiger partial charge on any atom is 0.0589 e. The largest absolute Gasteiger partial charge is 0.317 e. The van der Waals surface area contributed by atoms with Gasteiger partial charge in [-0.2, -0.15) is 0 Å². The maximum atomic E-state index is 5.79. The van der Waals surface area contributed by atoms with Crippen LogP contribution in [0.5, 0.6) is 0 Å². The zero-order chi connectivity index (χ0) is 11.3. The van der Waals surface area contributed by atoms with E-state index in [2.05, 4.69) is 24.1 Å². The molecule has 0 aromatic carbocycles. The van der Waals surface area contributed by atoms with Crippen molar-refractivity contribution in [3.05, 3.63) is 29.0 Å². The van der Waals surface area contributed by atoms with Crippen LogP contribution in [-0.2, 0) is 6.42 Å². The number of halogens is 1. The molecule has 1 atom stereocenters. The minimum Gasteiger partial charge on any atom is -0.317 e. The lowest BCUT2D eigenvalue weighted by Crippen LogP contribution is -2.29. The maximum absolute atomic E-state index is 5.79. The third-order valence-corrected chi connectivity index (χ3v) is 2.63. The number of hydrogen-bond acceptors (Lipinski definition) is 2. The van der Waals surface area contributed by atoms with Gasteiger partial charge in [-0.15, -0.1) is 0 Å². The first-order valence-corrected chi connectivity index (χ1v) is 5.77. The molecule has 1 aromatic heterocycles. The molecule has 0 saturated heterocycles. The summed E-state index contributed by atoms with van der Waals surface area (Å²) in [5.74, 6) is 0.703. The van der Waals surface area contributed by atoms with Crippen LogP contribution in [0.15, 0.2) is 18.3 Å². The zero-order valence-electron chi connectivity index (χ0n) is 9.63. The van der Waals surface area contributed by atoms with Crippen molar-refractivity contribution in [3.63, 3.8) is 0 Å². The van der Waals surface area contributed by atoms with Crippen molar-refractivity contribution >= 4 is 11.6 Å². The van der Waals surface area contributed by atoms with E-state index in [-0.39, 0.29) is 0 Å². The smallest absolute Gasteiger partial charge is 0.0589 e. The van der Waals surface area contributed by atoms with Crippen molar-refractivity contribution in [2.24, 2.45) is 5.92 Å². The molecular formula is C12H19ClN2. The fraction of sp³-hybridized carbons (Fsp3) is 0.583. The Kier molecular flexibility index (Phi) is 5.06. The summed E-state index contributed by atoms with van der Waals surface area (Å²) in [5, 5.41) is 4.02. The highest BCUT2D eigenvalue weighted by Gasteiger charge is 2.09. The monoisotopic (exact) mass is 226 g/mol. The zero-order valence-corrected chi connectivity index (χ0v) is 10.4. The number of likely N-dealkylation sites (N-methyl/N-ethyl adjacent to an activating group) is 1. The van der Waals surface area contributed by atoms with Crippen LogP contribution in [0.1, 0.15) is 26.0 Å². The van der Waals surface area contributed by atoms with Gasteiger partial charge in [0, 0.05) is 24.4 Å². The van der Waals surface area contributed by atoms with Crippen LogP contribution in [0.2, 0.25) is 5.02 Å². The second-order valence-electron chi connectivity index (χ2n) is 4.29. The summed E-state index contributed by atoms with van der Waals surface area (Å²) < 4.78 is 0. The van der Waals surface area contributed by atoms with Crippen molar-refractivity contribution in [2.45, 2.75) is 32.7 Å². The van der Waals surface area contributed by atoms with Gasteiger partial charge in [0.25, 0.3) is 0 Å². The molecule has 84 valence electrons. The van der Waals surface area contributed by atoms with Crippen molar-refractivity contribution in [2.75, 3.05) is 7.05 Å². The first kappa shape index (κ1) is 12.5. The highest BCUT2D eigenvalue weighted by atomic mass is 35.5. The average molecular weight is 227 g/mol. The SMILES string of the molecule is CNC(Cc1ccc(Cl)cn1)CC(C)C. The van der Waals surface area contributed by atoms with Crippen LogP contribution in [-0.4, -0.2) is 18.1 Å². The van der Waals surface area contributed by atoms with E-state index in [0.29, 0.717) is 17.0 Å². The van der Waals surface area contributed by atoms with E-state index in [9.17, 15) is 0 Å². The van der Waals surface area contributed by atoms with Gasteiger partial charge in [-0.25, -0.2) is 0 Å². The number of aromatic nitrogens is 1. The summed E-state index contributed by atoms with van der Waals surface area (Å²) in [5.41, 5.74) is 1.10. The van der Waals surface area contributed by atoms with Crippen molar-refractivity contribution < 1.29 is 0 Å². The molecule has 1 unspecified atom stereocenters. The number of rotatable bonds is 5. The molecule has 0 aliphatic rings. The fourth-order valence-corrected chi connectivity index (χ4v) is 1.76. The lowest BCUT2D eigenvalue weighted by Gasteiger charge is -2.17. The van der Waals surface area contributed by atoms with Crippen molar-refractivity contribution in [3.8, 4) is 0 Å². The Labute approximate surface area is 97.1 Å². The second-order valence-corrected chi connectivity index (χ2v) is 4.72. The second kappa shape index (κ2) is 6.09. The first-order chi connectivity index (χ1) is 7.11. The van der Waals surface area contributed by atoms with Gasteiger partial charge in [0.2, 0.25) is 0 Å². The van der Waals surface area contributed by atoms with E-state index < -0.39 is 0 Å². The van der Waals surface area contributed by atoms with E-state index in [0.717, 1.165) is 12.1 Å². The van der Waals surface area contributed by atoms with Gasteiger partial charge in [-0.05, 0) is 31.5 Å². The Balaban J connectivity index is 2.54. The minimum atomic E-state index is 0.499. The van der Waals surface area contributed by atoms with Crippen LogP contribution in [0.25, 0.3) is 0 Å². The summed E-state index contributed by atoms with van der Waals surface area (Å²) in [7, 11) is 2.00. The van der Waals surface area contributed by atoms with E-state index in [1.165, 1.54) is 6.42 Å². The highest BCUT2D eigenvalue weighted by molar-refractivity contribution is 6.30. The minimum absolute atomic E-state index is 0.499. The van der Waals surface area contributed by atoms with Gasteiger partial charge in [0.05, 0.1) is 5.02 Å². The lowest BCUT2D eigenvalue weighted by atomic mass is 10.00. The predicted octanol–water partition coefficient (Wildman–Crippen LogP) is 2.91. The molecule has 15 heavy (non-hydrogen) atoms. The topological polar surface area (TPSA) is 24.9 Å². The molecule has 0 fully saturated rings. The molecular weight excluding hydrogens is 208 g/mol. The quantitative estimate of drug-likeness (QED) is 0.835. The Morgan fingerprint density at radius 1 is 1.40 bits per heavy atom. The fourth-order valence-electron chi connectivity index (χ4n) is 1.65. The molecule has 0 saturated carbocycles. The van der Waals surface area contributed by atoms with Crippen molar-refractivity contribution in [1.82, 2.24) is 10.3 Å². The standard InChI is InChI=1S/C12H19ClN2/c1-9(2)6-12(14-3)7-11-5-4-10(13)8-15-11/h4-5,8-9,12,14H,6-7H2,1-3H3. The molecule has 0 bridgehead atoms. The third-order valence-electron chi connectivity index (χ3n) is 2.41. The number of hydrogen-bond donors (Lipinski definition) is 1. The van der Waals surface area contributed by atoms with Crippen LogP contribution >= 0.6 is 11.6 Å². The van der Waals surface area contributed by atoms with Crippen LogP contribution in [0.4, 0.5) is 0 Å². The normalized spacial score (nSPS) is 13.1. The highest BCUT2D eigenvalue weighted by Crippen LogP contribution is 2.11. The lowest BCUT2D eigenvalue weighted by molar-refractivity contribution is 0.438. The van der Waals surface area contributed by atoms with Gasteiger partial charge >= 0.3 is 0 Å². The molecule has 3 heteroatoms. The first-order valence-electron chi connectivity index (χ1n) is 5.39. The van der Waals surface area contributed by atoms with Gasteiger partial charge in [-0.1, -0.05) is 25.4 Å². The summed E-state index contributed by atoms with van der Waals surface area (Å²) in [6, 6.07) is 4.39. The molecule has 0 aliphatic carbocycles. The molecule has 0 amide bonds. The van der Waals surface area contributed by atoms with Gasteiger partial charge < -0.3 is 5.32 Å². The number of nitrogens with zero attached hydrogens (tertiary/aromatic N) is 1. The Bertz CT molecular complexity index is 282. The number of nitrogens with one attached hydrogen (secondary N) is 1. The van der Waals surface area contributed by atoms with Crippen LogP contribution in [0, 0.1) is 5.92 Å². The summed E-state index contributed by atoms with van der Waals surface area (Å²) in [6.45, 7) is 4.47. The Hall–Kier alpha value is -0.600. The number of pyridine rings is 1. The van der Waals surface area contributed by atoms with Crippen molar-refractivity contribution in [1.29, 1.82) is 0 Å². The molecule has 0 spiro atoms. The molecule has 1 aromatic rings. The van der Waals surface area contributed by atoms with Crippen LogP contribution in [0.3, 0.4) is 0 Å². The van der Waals surface area contributed by atoms with E-state index >= 15 is 0 Å². The van der Waals surface area contributed by atoms with Crippen LogP contribution < -0.4 is 5.32 Å². The average Bonchev–Trinajstić information content (AvgIpc) is 2.19. The van der Waals surface area contributed by atoms with E-state index in [1.807, 2.05) is 19.2 Å². The van der Waals surface area contributed by atoms with Gasteiger partial charge in [0.15, 0.2) is 0 Å². The van der Waals surface area contributed by atoms with E-state index in [1.54, 1.807) is 6.20 Å². The van der Waals surface area contributed by atoms with Gasteiger partial charge in [-0.3, -0.25) is 4.98 Å². The van der Waals surface area contributed by atoms with E-state index in [4.69, 9.17) is 11.6 Å². The Morgan fingerprint density at radius 3 is 2.60 bits per heavy atom. The molecule has 1 N–H and O–H groups in total. The molecule has 0 radical (unpaired) electrons. The summed E-state index contributed by atoms with van der Waals surface area (Å²) in [4.78, 5) is 4.30. The predicted molar refractivity (Wildman–Crippen MR) is 65.3 cm³/mol. The molecule has 2 nitrogen and oxygen atoms in total. The molecule has 0 aliphatic heterocycles.